The molecular weight excluding hydrogens is 246 g/mol. The van der Waals surface area contributed by atoms with E-state index in [4.69, 9.17) is 0 Å². The van der Waals surface area contributed by atoms with Gasteiger partial charge in [0.1, 0.15) is 0 Å². The molecule has 0 spiro atoms. The van der Waals surface area contributed by atoms with Gasteiger partial charge in [0.25, 0.3) is 5.56 Å². The van der Waals surface area contributed by atoms with Crippen LogP contribution in [0.2, 0.25) is 0 Å². The van der Waals surface area contributed by atoms with Gasteiger partial charge in [-0.3, -0.25) is 4.79 Å². The van der Waals surface area contributed by atoms with Crippen molar-refractivity contribution in [2.75, 3.05) is 0 Å². The van der Waals surface area contributed by atoms with E-state index in [0.29, 0.717) is 5.92 Å². The minimum Gasteiger partial charge on any atom is -0.311 e. The van der Waals surface area contributed by atoms with Crippen LogP contribution in [0.25, 0.3) is 10.9 Å². The summed E-state index contributed by atoms with van der Waals surface area (Å²) in [5, 5.41) is 1.19. The van der Waals surface area contributed by atoms with Crippen LogP contribution in [0, 0.1) is 0 Å². The zero-order chi connectivity index (χ0) is 13.9. The molecule has 1 saturated carbocycles. The molecule has 0 atom stereocenters. The van der Waals surface area contributed by atoms with Gasteiger partial charge in [0, 0.05) is 12.6 Å². The lowest BCUT2D eigenvalue weighted by atomic mass is 9.86. The predicted molar refractivity (Wildman–Crippen MR) is 84.2 cm³/mol. The first-order valence-electron chi connectivity index (χ1n) is 7.86. The average molecular weight is 269 g/mol. The maximum atomic E-state index is 12.6. The van der Waals surface area contributed by atoms with Gasteiger partial charge in [0.05, 0.1) is 5.52 Å². The molecule has 0 aliphatic heterocycles. The molecule has 1 aliphatic rings. The van der Waals surface area contributed by atoms with E-state index in [1.807, 2.05) is 23.7 Å². The van der Waals surface area contributed by atoms with Crippen molar-refractivity contribution in [3.05, 3.63) is 46.2 Å². The Hall–Kier alpha value is -1.57. The van der Waals surface area contributed by atoms with E-state index in [9.17, 15) is 4.79 Å². The Morgan fingerprint density at radius 1 is 1.00 bits per heavy atom. The normalized spacial score (nSPS) is 17.9. The molecule has 1 aromatic heterocycles. The van der Waals surface area contributed by atoms with E-state index in [1.54, 1.807) is 0 Å². The molecule has 0 bridgehead atoms. The maximum Gasteiger partial charge on any atom is 0.254 e. The molecule has 3 rings (SSSR count). The minimum atomic E-state index is 0.203. The minimum absolute atomic E-state index is 0.203. The molecule has 0 unspecified atom stereocenters. The number of hydrogen-bond acceptors (Lipinski definition) is 1. The average Bonchev–Trinajstić information content (AvgIpc) is 2.43. The highest BCUT2D eigenvalue weighted by atomic mass is 16.1. The number of rotatable bonds is 1. The summed E-state index contributed by atoms with van der Waals surface area (Å²) in [7, 11) is 1.90. The lowest BCUT2D eigenvalue weighted by Gasteiger charge is -2.20. The van der Waals surface area contributed by atoms with Crippen molar-refractivity contribution in [3.8, 4) is 0 Å². The lowest BCUT2D eigenvalue weighted by Crippen LogP contribution is -2.24. The van der Waals surface area contributed by atoms with Gasteiger partial charge in [-0.1, -0.05) is 50.3 Å². The van der Waals surface area contributed by atoms with Crippen molar-refractivity contribution >= 4 is 10.9 Å². The molecule has 2 aromatic rings. The van der Waals surface area contributed by atoms with Crippen LogP contribution in [0.1, 0.15) is 56.4 Å². The van der Waals surface area contributed by atoms with Gasteiger partial charge in [-0.05, 0) is 36.3 Å². The third-order valence-electron chi connectivity index (χ3n) is 4.71. The van der Waals surface area contributed by atoms with Crippen LogP contribution < -0.4 is 5.56 Å². The predicted octanol–water partition coefficient (Wildman–Crippen LogP) is 4.37. The third kappa shape index (κ3) is 2.52. The van der Waals surface area contributed by atoms with Gasteiger partial charge in [-0.25, -0.2) is 0 Å². The van der Waals surface area contributed by atoms with Crippen molar-refractivity contribution in [2.24, 2.45) is 7.05 Å². The van der Waals surface area contributed by atoms with E-state index in [-0.39, 0.29) is 5.56 Å². The summed E-state index contributed by atoms with van der Waals surface area (Å²) in [5.41, 5.74) is 2.27. The molecule has 0 radical (unpaired) electrons. The number of para-hydroxylation sites is 1. The highest BCUT2D eigenvalue weighted by Crippen LogP contribution is 2.30. The van der Waals surface area contributed by atoms with Crippen molar-refractivity contribution in [1.29, 1.82) is 0 Å². The SMILES string of the molecule is Cn1c(=O)c(C2CCCCCCC2)cc2ccccc21. The second-order valence-electron chi connectivity index (χ2n) is 6.06. The zero-order valence-corrected chi connectivity index (χ0v) is 12.3. The Morgan fingerprint density at radius 2 is 1.65 bits per heavy atom. The first-order chi connectivity index (χ1) is 9.77. The highest BCUT2D eigenvalue weighted by Gasteiger charge is 2.18. The van der Waals surface area contributed by atoms with E-state index in [0.717, 1.165) is 11.1 Å². The molecular formula is C18H23NO. The maximum absolute atomic E-state index is 12.6. The summed E-state index contributed by atoms with van der Waals surface area (Å²) in [4.78, 5) is 12.6. The number of fused-ring (bicyclic) bond motifs is 1. The van der Waals surface area contributed by atoms with Gasteiger partial charge < -0.3 is 4.57 Å². The lowest BCUT2D eigenvalue weighted by molar-refractivity contribution is 0.452. The molecule has 0 N–H and O–H groups in total. The number of aromatic nitrogens is 1. The smallest absolute Gasteiger partial charge is 0.254 e. The van der Waals surface area contributed by atoms with Gasteiger partial charge >= 0.3 is 0 Å². The van der Waals surface area contributed by atoms with E-state index in [2.05, 4.69) is 18.2 Å². The summed E-state index contributed by atoms with van der Waals surface area (Å²) in [6, 6.07) is 10.3. The molecule has 20 heavy (non-hydrogen) atoms. The first-order valence-corrected chi connectivity index (χ1v) is 7.86. The molecule has 2 heteroatoms. The fourth-order valence-corrected chi connectivity index (χ4v) is 3.51. The van der Waals surface area contributed by atoms with Crippen LogP contribution >= 0.6 is 0 Å². The van der Waals surface area contributed by atoms with Crippen molar-refractivity contribution in [3.63, 3.8) is 0 Å². The quantitative estimate of drug-likeness (QED) is 0.753. The van der Waals surface area contributed by atoms with Crippen LogP contribution in [-0.4, -0.2) is 4.57 Å². The summed E-state index contributed by atoms with van der Waals surface area (Å²) < 4.78 is 1.82. The number of pyridine rings is 1. The Morgan fingerprint density at radius 3 is 2.40 bits per heavy atom. The second-order valence-corrected chi connectivity index (χ2v) is 6.06. The van der Waals surface area contributed by atoms with Gasteiger partial charge in [-0.15, -0.1) is 0 Å². The molecule has 1 heterocycles. The molecule has 2 nitrogen and oxygen atoms in total. The fourth-order valence-electron chi connectivity index (χ4n) is 3.51. The van der Waals surface area contributed by atoms with Gasteiger partial charge in [0.2, 0.25) is 0 Å². The standard InChI is InChI=1S/C18H23NO/c1-19-17-12-8-7-11-15(17)13-16(18(19)20)14-9-5-3-2-4-6-10-14/h7-8,11-14H,2-6,9-10H2,1H3. The van der Waals surface area contributed by atoms with Crippen LogP contribution in [0.3, 0.4) is 0 Å². The monoisotopic (exact) mass is 269 g/mol. The Balaban J connectivity index is 2.06. The fraction of sp³-hybridized carbons (Fsp3) is 0.500. The highest BCUT2D eigenvalue weighted by molar-refractivity contribution is 5.79. The third-order valence-corrected chi connectivity index (χ3v) is 4.71. The Kier molecular flexibility index (Phi) is 3.90. The molecule has 0 amide bonds. The van der Waals surface area contributed by atoms with E-state index < -0.39 is 0 Å². The Bertz CT molecular complexity index is 648. The van der Waals surface area contributed by atoms with E-state index >= 15 is 0 Å². The topological polar surface area (TPSA) is 22.0 Å². The number of benzene rings is 1. The largest absolute Gasteiger partial charge is 0.311 e. The van der Waals surface area contributed by atoms with Crippen molar-refractivity contribution < 1.29 is 0 Å². The number of aryl methyl sites for hydroxylation is 1. The summed E-state index contributed by atoms with van der Waals surface area (Å²) in [6.45, 7) is 0. The summed E-state index contributed by atoms with van der Waals surface area (Å²) in [5.74, 6) is 0.457. The van der Waals surface area contributed by atoms with Crippen molar-refractivity contribution in [2.45, 2.75) is 50.9 Å². The molecule has 1 aromatic carbocycles. The number of hydrogen-bond donors (Lipinski definition) is 0. The van der Waals surface area contributed by atoms with Crippen molar-refractivity contribution in [1.82, 2.24) is 4.57 Å². The zero-order valence-electron chi connectivity index (χ0n) is 12.3. The van der Waals surface area contributed by atoms with Gasteiger partial charge in [0.15, 0.2) is 0 Å². The van der Waals surface area contributed by atoms with E-state index in [1.165, 1.54) is 50.3 Å². The molecule has 1 aliphatic carbocycles. The summed E-state index contributed by atoms with van der Waals surface area (Å²) in [6.07, 6.45) is 8.89. The van der Waals surface area contributed by atoms with Crippen LogP contribution in [0.4, 0.5) is 0 Å². The van der Waals surface area contributed by atoms with Crippen LogP contribution in [0.15, 0.2) is 35.1 Å². The first kappa shape index (κ1) is 13.4. The number of nitrogens with zero attached hydrogens (tertiary/aromatic N) is 1. The molecule has 106 valence electrons. The molecule has 0 saturated heterocycles. The van der Waals surface area contributed by atoms with Gasteiger partial charge in [-0.2, -0.15) is 0 Å². The second kappa shape index (κ2) is 5.82. The Labute approximate surface area is 120 Å². The van der Waals surface area contributed by atoms with Crippen LogP contribution in [-0.2, 0) is 7.05 Å². The summed E-state index contributed by atoms with van der Waals surface area (Å²) >= 11 is 0. The van der Waals surface area contributed by atoms with Crippen LogP contribution in [0.5, 0.6) is 0 Å². The molecule has 1 fully saturated rings.